The van der Waals surface area contributed by atoms with Gasteiger partial charge in [-0.15, -0.1) is 0 Å². The Hall–Kier alpha value is -3.21. The summed E-state index contributed by atoms with van der Waals surface area (Å²) in [6.45, 7) is 2.13. The molecule has 1 fully saturated rings. The van der Waals surface area contributed by atoms with Gasteiger partial charge in [0.1, 0.15) is 0 Å². The first-order valence-electron chi connectivity index (χ1n) is 15.4. The van der Waals surface area contributed by atoms with Crippen molar-refractivity contribution >= 4 is 52.9 Å². The van der Waals surface area contributed by atoms with Crippen LogP contribution in [0.2, 0.25) is 6.32 Å². The number of aromatic hydroxyl groups is 1. The topological polar surface area (TPSA) is 93.1 Å². The summed E-state index contributed by atoms with van der Waals surface area (Å²) in [4.78, 5) is 27.7. The van der Waals surface area contributed by atoms with Crippen LogP contribution in [0.3, 0.4) is 0 Å². The van der Waals surface area contributed by atoms with Gasteiger partial charge in [-0.25, -0.2) is 0 Å². The average molecular weight is 702 g/mol. The monoisotopic (exact) mass is 702 g/mol. The number of carbonyl (C=O) groups is 2. The maximum Gasteiger partial charge on any atom is 0.455 e. The number of hydrogen-bond donors (Lipinski definition) is 2. The number of fused-ring (bicyclic) bond motifs is 4. The third kappa shape index (κ3) is 5.79. The van der Waals surface area contributed by atoms with Gasteiger partial charge in [0.2, 0.25) is 0 Å². The van der Waals surface area contributed by atoms with Gasteiger partial charge in [0.15, 0.2) is 23.1 Å². The van der Waals surface area contributed by atoms with Crippen LogP contribution in [0.25, 0.3) is 11.6 Å². The molecule has 8 heteroatoms. The number of halogens is 1. The second-order valence-electron chi connectivity index (χ2n) is 12.0. The number of ketones is 2. The largest absolute Gasteiger partial charge is 0.504 e. The highest BCUT2D eigenvalue weighted by molar-refractivity contribution is 14.1. The number of ether oxygens (including phenoxy) is 1. The zero-order valence-electron chi connectivity index (χ0n) is 25.0. The fourth-order valence-corrected chi connectivity index (χ4v) is 8.11. The van der Waals surface area contributed by atoms with E-state index in [2.05, 4.69) is 47.7 Å². The zero-order chi connectivity index (χ0) is 31.0. The molecule has 0 bridgehead atoms. The summed E-state index contributed by atoms with van der Waals surface area (Å²) >= 11 is 2.10. The van der Waals surface area contributed by atoms with Crippen LogP contribution in [0, 0.1) is 21.3 Å². The van der Waals surface area contributed by atoms with E-state index in [4.69, 9.17) is 9.39 Å². The summed E-state index contributed by atoms with van der Waals surface area (Å²) < 4.78 is 12.4. The molecule has 2 aliphatic carbocycles. The number of allylic oxidation sites excluding steroid dienone is 2. The lowest BCUT2D eigenvalue weighted by molar-refractivity contribution is 0.0599. The summed E-state index contributed by atoms with van der Waals surface area (Å²) in [5.41, 5.74) is 6.41. The van der Waals surface area contributed by atoms with Crippen molar-refractivity contribution in [2.24, 2.45) is 17.8 Å². The van der Waals surface area contributed by atoms with Crippen LogP contribution in [0.1, 0.15) is 70.9 Å². The van der Waals surface area contributed by atoms with Gasteiger partial charge in [-0.05, 0) is 94.9 Å². The van der Waals surface area contributed by atoms with Gasteiger partial charge >= 0.3 is 7.12 Å². The number of methoxy groups -OCH3 is 1. The highest BCUT2D eigenvalue weighted by Gasteiger charge is 2.53. The first-order chi connectivity index (χ1) is 21.3. The van der Waals surface area contributed by atoms with E-state index in [1.807, 2.05) is 42.5 Å². The molecule has 0 saturated carbocycles. The second-order valence-corrected chi connectivity index (χ2v) is 13.1. The Bertz CT molecular complexity index is 1650. The van der Waals surface area contributed by atoms with Crippen LogP contribution in [0.4, 0.5) is 0 Å². The summed E-state index contributed by atoms with van der Waals surface area (Å²) in [5, 5.41) is 21.4. The molecule has 1 saturated heterocycles. The number of phenolic OH excluding ortho intramolecular Hbond substituents is 1. The average Bonchev–Trinajstić information content (AvgIpc) is 3.03. The molecular weight excluding hydrogens is 666 g/mol. The van der Waals surface area contributed by atoms with Gasteiger partial charge in [0, 0.05) is 23.0 Å². The fraction of sp³-hybridized carbons (Fsp3) is 0.333. The van der Waals surface area contributed by atoms with E-state index in [9.17, 15) is 19.7 Å². The molecule has 0 aromatic heterocycles. The lowest BCUT2D eigenvalue weighted by atomic mass is 9.54. The molecular formula is C36H36BIO6. The Morgan fingerprint density at radius 3 is 2.45 bits per heavy atom. The molecule has 3 aliphatic rings. The van der Waals surface area contributed by atoms with Crippen molar-refractivity contribution in [3.05, 3.63) is 104 Å². The SMILES string of the molecule is CCCC1=C2[C@@H](CC/C(=C/c3cc(I)c(O)c(OC)c3)c3ccccc3)OB(O)C[C@@H]2[C@@H]2C(=O)c3ccccc3C(=O)[C@@H]2C1. The summed E-state index contributed by atoms with van der Waals surface area (Å²) in [6.07, 6.45) is 5.64. The van der Waals surface area contributed by atoms with E-state index >= 15 is 0 Å². The maximum atomic E-state index is 14.0. The van der Waals surface area contributed by atoms with Crippen molar-refractivity contribution < 1.29 is 29.1 Å². The minimum Gasteiger partial charge on any atom is -0.504 e. The Morgan fingerprint density at radius 2 is 1.75 bits per heavy atom. The lowest BCUT2D eigenvalue weighted by Crippen LogP contribution is -2.50. The zero-order valence-corrected chi connectivity index (χ0v) is 27.1. The molecule has 6 nitrogen and oxygen atoms in total. The van der Waals surface area contributed by atoms with Crippen LogP contribution in [0.5, 0.6) is 11.5 Å². The van der Waals surface area contributed by atoms with Crippen LogP contribution < -0.4 is 4.74 Å². The Kier molecular flexibility index (Phi) is 9.12. The molecule has 0 unspecified atom stereocenters. The molecule has 1 aliphatic heterocycles. The number of rotatable bonds is 8. The van der Waals surface area contributed by atoms with Crippen molar-refractivity contribution in [3.63, 3.8) is 0 Å². The minimum atomic E-state index is -1.01. The van der Waals surface area contributed by atoms with E-state index in [1.165, 1.54) is 5.57 Å². The molecule has 2 N–H and O–H groups in total. The molecule has 3 aromatic rings. The summed E-state index contributed by atoms with van der Waals surface area (Å²) in [6, 6.07) is 21.1. The lowest BCUT2D eigenvalue weighted by Gasteiger charge is -2.47. The van der Waals surface area contributed by atoms with E-state index in [1.54, 1.807) is 19.2 Å². The Morgan fingerprint density at radius 1 is 1.05 bits per heavy atom. The van der Waals surface area contributed by atoms with Gasteiger partial charge in [-0.1, -0.05) is 79.6 Å². The van der Waals surface area contributed by atoms with Crippen molar-refractivity contribution in [3.8, 4) is 11.5 Å². The first kappa shape index (κ1) is 30.8. The molecule has 0 amide bonds. The van der Waals surface area contributed by atoms with Crippen LogP contribution in [-0.4, -0.2) is 42.0 Å². The third-order valence-electron chi connectivity index (χ3n) is 9.35. The smallest absolute Gasteiger partial charge is 0.455 e. The van der Waals surface area contributed by atoms with E-state index in [-0.39, 0.29) is 29.3 Å². The van der Waals surface area contributed by atoms with Gasteiger partial charge < -0.3 is 19.5 Å². The second kappa shape index (κ2) is 13.0. The van der Waals surface area contributed by atoms with Crippen LogP contribution in [-0.2, 0) is 4.65 Å². The molecule has 6 rings (SSSR count). The minimum absolute atomic E-state index is 0.0110. The molecule has 0 radical (unpaired) electrons. The highest BCUT2D eigenvalue weighted by Crippen LogP contribution is 2.52. The van der Waals surface area contributed by atoms with Crippen LogP contribution >= 0.6 is 22.6 Å². The number of Topliss-reactive ketones (excluding diaryl/α,β-unsaturated/α-hetero) is 2. The van der Waals surface area contributed by atoms with Crippen molar-refractivity contribution in [2.75, 3.05) is 7.11 Å². The quantitative estimate of drug-likeness (QED) is 0.109. The van der Waals surface area contributed by atoms with Crippen molar-refractivity contribution in [1.29, 1.82) is 0 Å². The fourth-order valence-electron chi connectivity index (χ4n) is 7.48. The third-order valence-corrected chi connectivity index (χ3v) is 10.2. The van der Waals surface area contributed by atoms with E-state index in [0.717, 1.165) is 35.1 Å². The van der Waals surface area contributed by atoms with E-state index < -0.39 is 19.0 Å². The maximum absolute atomic E-state index is 14.0. The number of phenols is 1. The summed E-state index contributed by atoms with van der Waals surface area (Å²) in [5.74, 6) is -0.528. The highest BCUT2D eigenvalue weighted by atomic mass is 127. The number of benzene rings is 3. The predicted octanol–water partition coefficient (Wildman–Crippen LogP) is 7.63. The van der Waals surface area contributed by atoms with Gasteiger partial charge in [0.25, 0.3) is 0 Å². The van der Waals surface area contributed by atoms with E-state index in [0.29, 0.717) is 46.0 Å². The Balaban J connectivity index is 1.36. The Labute approximate surface area is 272 Å². The normalized spacial score (nSPS) is 23.3. The molecule has 226 valence electrons. The first-order valence-corrected chi connectivity index (χ1v) is 16.4. The van der Waals surface area contributed by atoms with Gasteiger partial charge in [-0.2, -0.15) is 0 Å². The molecule has 0 spiro atoms. The van der Waals surface area contributed by atoms with Crippen LogP contribution in [0.15, 0.2) is 77.9 Å². The number of carbonyl (C=O) groups excluding carboxylic acids is 2. The van der Waals surface area contributed by atoms with Crippen molar-refractivity contribution in [2.45, 2.75) is 51.5 Å². The molecule has 3 aromatic carbocycles. The van der Waals surface area contributed by atoms with Gasteiger partial charge in [0.05, 0.1) is 16.8 Å². The predicted molar refractivity (Wildman–Crippen MR) is 181 cm³/mol. The molecule has 1 heterocycles. The standard InChI is InChI=1S/C36H36BIO6/c1-3-9-24-19-27-33(35(40)26-13-8-7-12-25(26)34(27)39)28-20-37(42)44-30(32(24)28)15-14-23(22-10-5-4-6-11-22)16-21-17-29(38)36(41)31(18-21)43-2/h4-8,10-13,16-18,27-28,30,33,41-42H,3,9,14-15,19-20H2,1-2H3/b23-16-/t27-,28+,30-,33-/m1/s1. The van der Waals surface area contributed by atoms with Gasteiger partial charge in [-0.3, -0.25) is 9.59 Å². The summed E-state index contributed by atoms with van der Waals surface area (Å²) in [7, 11) is 0.529. The molecule has 44 heavy (non-hydrogen) atoms. The molecule has 4 atom stereocenters. The number of hydrogen-bond acceptors (Lipinski definition) is 6. The van der Waals surface area contributed by atoms with Crippen molar-refractivity contribution in [1.82, 2.24) is 0 Å².